The maximum absolute atomic E-state index is 10.8. The molecule has 0 saturated heterocycles. The van der Waals surface area contributed by atoms with Gasteiger partial charge in [-0.1, -0.05) is 11.6 Å². The topological polar surface area (TPSA) is 63.6 Å². The summed E-state index contributed by atoms with van der Waals surface area (Å²) in [4.78, 5) is -0.331. The quantitative estimate of drug-likeness (QED) is 0.772. The van der Waals surface area contributed by atoms with Gasteiger partial charge in [-0.15, -0.1) is 0 Å². The van der Waals surface area contributed by atoms with Crippen LogP contribution in [0, 0.1) is 0 Å². The number of methoxy groups -OCH3 is 1. The van der Waals surface area contributed by atoms with Crippen LogP contribution in [0.5, 0.6) is 5.75 Å². The standard InChI is InChI=1S/C7H7ClO4S/c1-12-6-3-2-5(8)4-7(6)13(9,10)11/h2-4H,1H3,(H,9,10,11). The first-order valence-electron chi connectivity index (χ1n) is 3.26. The van der Waals surface area contributed by atoms with E-state index in [0.717, 1.165) is 6.07 Å². The molecule has 0 radical (unpaired) electrons. The lowest BCUT2D eigenvalue weighted by atomic mass is 10.3. The number of ether oxygens (including phenoxy) is 1. The lowest BCUT2D eigenvalue weighted by Gasteiger charge is -2.05. The lowest BCUT2D eigenvalue weighted by molar-refractivity contribution is 0.397. The summed E-state index contributed by atoms with van der Waals surface area (Å²) < 4.78 is 35.1. The Bertz CT molecular complexity index is 413. The smallest absolute Gasteiger partial charge is 0.298 e. The average Bonchev–Trinajstić information content (AvgIpc) is 2.03. The van der Waals surface area contributed by atoms with E-state index in [9.17, 15) is 8.42 Å². The Morgan fingerprint density at radius 2 is 2.08 bits per heavy atom. The van der Waals surface area contributed by atoms with E-state index < -0.39 is 10.1 Å². The molecular weight excluding hydrogens is 216 g/mol. The van der Waals surface area contributed by atoms with Gasteiger partial charge in [0.25, 0.3) is 10.1 Å². The molecule has 0 fully saturated rings. The fourth-order valence-electron chi connectivity index (χ4n) is 0.852. The second kappa shape index (κ2) is 3.53. The highest BCUT2D eigenvalue weighted by molar-refractivity contribution is 7.86. The molecule has 0 saturated carbocycles. The van der Waals surface area contributed by atoms with Crippen molar-refractivity contribution in [2.24, 2.45) is 0 Å². The third kappa shape index (κ3) is 2.33. The highest BCUT2D eigenvalue weighted by Gasteiger charge is 2.16. The van der Waals surface area contributed by atoms with Crippen molar-refractivity contribution in [2.75, 3.05) is 7.11 Å². The van der Waals surface area contributed by atoms with Crippen molar-refractivity contribution in [3.8, 4) is 5.75 Å². The minimum absolute atomic E-state index is 0.0619. The summed E-state index contributed by atoms with van der Waals surface area (Å²) in [6, 6.07) is 3.95. The van der Waals surface area contributed by atoms with Gasteiger partial charge in [-0.05, 0) is 18.2 Å². The van der Waals surface area contributed by atoms with E-state index in [1.54, 1.807) is 0 Å². The van der Waals surface area contributed by atoms with Crippen LogP contribution < -0.4 is 4.74 Å². The Morgan fingerprint density at radius 3 is 2.54 bits per heavy atom. The summed E-state index contributed by atoms with van der Waals surface area (Å²) in [5.74, 6) is 0.0619. The van der Waals surface area contributed by atoms with Gasteiger partial charge in [-0.25, -0.2) is 0 Å². The molecule has 0 atom stereocenters. The fourth-order valence-corrected chi connectivity index (χ4v) is 1.77. The van der Waals surface area contributed by atoms with Crippen LogP contribution in [0.15, 0.2) is 23.1 Å². The van der Waals surface area contributed by atoms with Gasteiger partial charge in [0.15, 0.2) is 0 Å². The number of halogens is 1. The van der Waals surface area contributed by atoms with Crippen molar-refractivity contribution in [3.05, 3.63) is 23.2 Å². The Balaban J connectivity index is 3.41. The first kappa shape index (κ1) is 10.3. The highest BCUT2D eigenvalue weighted by atomic mass is 35.5. The molecule has 0 aliphatic rings. The largest absolute Gasteiger partial charge is 0.495 e. The van der Waals surface area contributed by atoms with Crippen molar-refractivity contribution in [3.63, 3.8) is 0 Å². The second-order valence-corrected chi connectivity index (χ2v) is 4.10. The van der Waals surface area contributed by atoms with Crippen LogP contribution in [0.25, 0.3) is 0 Å². The molecule has 1 rings (SSSR count). The number of rotatable bonds is 2. The van der Waals surface area contributed by atoms with Gasteiger partial charge in [-0.2, -0.15) is 8.42 Å². The van der Waals surface area contributed by atoms with Crippen LogP contribution in [-0.2, 0) is 10.1 Å². The number of benzene rings is 1. The third-order valence-corrected chi connectivity index (χ3v) is 2.51. The maximum atomic E-state index is 10.8. The Hall–Kier alpha value is -0.780. The zero-order chi connectivity index (χ0) is 10.1. The van der Waals surface area contributed by atoms with E-state index >= 15 is 0 Å². The maximum Gasteiger partial charge on any atom is 0.298 e. The molecule has 13 heavy (non-hydrogen) atoms. The molecule has 1 aromatic rings. The van der Waals surface area contributed by atoms with E-state index in [1.807, 2.05) is 0 Å². The first-order valence-corrected chi connectivity index (χ1v) is 5.08. The molecule has 0 heterocycles. The minimum atomic E-state index is -4.28. The molecule has 6 heteroatoms. The normalized spacial score (nSPS) is 11.3. The third-order valence-electron chi connectivity index (χ3n) is 1.40. The van der Waals surface area contributed by atoms with Crippen LogP contribution >= 0.6 is 11.6 Å². The first-order chi connectivity index (χ1) is 5.95. The molecule has 0 bridgehead atoms. The van der Waals surface area contributed by atoms with Gasteiger partial charge in [-0.3, -0.25) is 4.55 Å². The summed E-state index contributed by atoms with van der Waals surface area (Å²) in [5, 5.41) is 0.216. The van der Waals surface area contributed by atoms with Gasteiger partial charge in [0.2, 0.25) is 0 Å². The van der Waals surface area contributed by atoms with Crippen molar-refractivity contribution in [1.29, 1.82) is 0 Å². The van der Waals surface area contributed by atoms with Gasteiger partial charge in [0, 0.05) is 5.02 Å². The van der Waals surface area contributed by atoms with Crippen molar-refractivity contribution in [1.82, 2.24) is 0 Å². The molecule has 0 amide bonds. The Kier molecular flexibility index (Phi) is 2.80. The SMILES string of the molecule is COc1ccc(Cl)cc1S(=O)(=O)O. The second-order valence-electron chi connectivity index (χ2n) is 2.27. The zero-order valence-corrected chi connectivity index (χ0v) is 8.26. The van der Waals surface area contributed by atoms with Gasteiger partial charge < -0.3 is 4.74 Å². The van der Waals surface area contributed by atoms with E-state index in [-0.39, 0.29) is 15.7 Å². The number of hydrogen-bond donors (Lipinski definition) is 1. The van der Waals surface area contributed by atoms with Crippen LogP contribution in [0.4, 0.5) is 0 Å². The predicted molar refractivity (Wildman–Crippen MR) is 47.8 cm³/mol. The van der Waals surface area contributed by atoms with Gasteiger partial charge >= 0.3 is 0 Å². The van der Waals surface area contributed by atoms with Crippen LogP contribution in [0.2, 0.25) is 5.02 Å². The molecule has 1 N–H and O–H groups in total. The van der Waals surface area contributed by atoms with Crippen molar-refractivity contribution in [2.45, 2.75) is 4.90 Å². The molecule has 0 unspecified atom stereocenters. The molecule has 1 aromatic carbocycles. The monoisotopic (exact) mass is 222 g/mol. The van der Waals surface area contributed by atoms with E-state index in [0.29, 0.717) is 0 Å². The Morgan fingerprint density at radius 1 is 1.46 bits per heavy atom. The lowest BCUT2D eigenvalue weighted by Crippen LogP contribution is -2.01. The molecule has 0 aliphatic carbocycles. The highest BCUT2D eigenvalue weighted by Crippen LogP contribution is 2.26. The summed E-state index contributed by atoms with van der Waals surface area (Å²) in [6.45, 7) is 0. The molecule has 0 spiro atoms. The molecular formula is C7H7ClO4S. The fraction of sp³-hybridized carbons (Fsp3) is 0.143. The number of hydrogen-bond acceptors (Lipinski definition) is 3. The molecule has 0 aliphatic heterocycles. The Labute approximate surface area is 80.8 Å². The minimum Gasteiger partial charge on any atom is -0.495 e. The van der Waals surface area contributed by atoms with Crippen molar-refractivity contribution >= 4 is 21.7 Å². The molecule has 72 valence electrons. The summed E-state index contributed by atoms with van der Waals surface area (Å²) in [7, 11) is -2.97. The average molecular weight is 223 g/mol. The van der Waals surface area contributed by atoms with Crippen LogP contribution in [0.3, 0.4) is 0 Å². The van der Waals surface area contributed by atoms with Crippen molar-refractivity contribution < 1.29 is 17.7 Å². The molecule has 4 nitrogen and oxygen atoms in total. The van der Waals surface area contributed by atoms with E-state index in [1.165, 1.54) is 19.2 Å². The van der Waals surface area contributed by atoms with Crippen LogP contribution in [-0.4, -0.2) is 20.1 Å². The summed E-state index contributed by atoms with van der Waals surface area (Å²) in [5.41, 5.74) is 0. The summed E-state index contributed by atoms with van der Waals surface area (Å²) in [6.07, 6.45) is 0. The zero-order valence-electron chi connectivity index (χ0n) is 6.69. The van der Waals surface area contributed by atoms with E-state index in [4.69, 9.17) is 20.9 Å². The van der Waals surface area contributed by atoms with Gasteiger partial charge in [0.1, 0.15) is 10.6 Å². The molecule has 0 aromatic heterocycles. The van der Waals surface area contributed by atoms with Gasteiger partial charge in [0.05, 0.1) is 7.11 Å². The van der Waals surface area contributed by atoms with E-state index in [2.05, 4.69) is 0 Å². The summed E-state index contributed by atoms with van der Waals surface area (Å²) >= 11 is 5.55. The van der Waals surface area contributed by atoms with Crippen LogP contribution in [0.1, 0.15) is 0 Å². The predicted octanol–water partition coefficient (Wildman–Crippen LogP) is 1.60.